The summed E-state index contributed by atoms with van der Waals surface area (Å²) in [5.74, 6) is 0.265. The first-order valence-corrected chi connectivity index (χ1v) is 8.92. The molecule has 0 radical (unpaired) electrons. The van der Waals surface area contributed by atoms with Gasteiger partial charge in [-0.1, -0.05) is 0 Å². The Kier molecular flexibility index (Phi) is 4.01. The summed E-state index contributed by atoms with van der Waals surface area (Å²) in [5, 5.41) is 0. The van der Waals surface area contributed by atoms with Crippen LogP contribution in [0.25, 0.3) is 0 Å². The second kappa shape index (κ2) is 5.65. The fourth-order valence-corrected chi connectivity index (χ4v) is 4.80. The lowest BCUT2D eigenvalue weighted by Gasteiger charge is -2.16. The lowest BCUT2D eigenvalue weighted by atomic mass is 9.95. The molecule has 3 aromatic rings. The average Bonchev–Trinajstić information content (AvgIpc) is 3.04. The van der Waals surface area contributed by atoms with Gasteiger partial charge in [0.05, 0.1) is 8.80 Å². The van der Waals surface area contributed by atoms with Crippen molar-refractivity contribution in [1.82, 2.24) is 9.97 Å². The number of aryl methyl sites for hydroxylation is 4. The zero-order chi connectivity index (χ0) is 15.1. The molecular formula is C17H19IN2S. The van der Waals surface area contributed by atoms with Crippen molar-refractivity contribution in [2.75, 3.05) is 0 Å². The second-order valence-corrected chi connectivity index (χ2v) is 8.68. The molecular weight excluding hydrogens is 391 g/mol. The molecule has 4 heteroatoms. The highest BCUT2D eigenvalue weighted by Crippen LogP contribution is 2.38. The molecule has 110 valence electrons. The minimum absolute atomic E-state index is 0.265. The van der Waals surface area contributed by atoms with Crippen molar-refractivity contribution in [3.8, 4) is 0 Å². The SMILES string of the molecule is Cc1cc(C)c(C(c2ccc(I)s2)c2[nH]c(C)cc2C)[nH]1. The van der Waals surface area contributed by atoms with Gasteiger partial charge in [0, 0.05) is 27.7 Å². The van der Waals surface area contributed by atoms with E-state index in [9.17, 15) is 0 Å². The molecule has 0 aromatic carbocycles. The van der Waals surface area contributed by atoms with Crippen LogP contribution in [0.5, 0.6) is 0 Å². The molecule has 0 bridgehead atoms. The second-order valence-electron chi connectivity index (χ2n) is 5.67. The molecule has 0 saturated carbocycles. The number of hydrogen-bond donors (Lipinski definition) is 2. The summed E-state index contributed by atoms with van der Waals surface area (Å²) in [4.78, 5) is 8.53. The van der Waals surface area contributed by atoms with Gasteiger partial charge in [0.2, 0.25) is 0 Å². The van der Waals surface area contributed by atoms with E-state index >= 15 is 0 Å². The average molecular weight is 410 g/mol. The fraction of sp³-hybridized carbons (Fsp3) is 0.294. The van der Waals surface area contributed by atoms with E-state index in [1.165, 1.54) is 41.7 Å². The van der Waals surface area contributed by atoms with Gasteiger partial charge in [-0.05, 0) is 85.7 Å². The zero-order valence-corrected chi connectivity index (χ0v) is 15.6. The predicted octanol–water partition coefficient (Wildman–Crippen LogP) is 5.42. The number of hydrogen-bond acceptors (Lipinski definition) is 1. The number of aromatic nitrogens is 2. The van der Waals surface area contributed by atoms with E-state index in [4.69, 9.17) is 0 Å². The van der Waals surface area contributed by atoms with Crippen LogP contribution in [-0.2, 0) is 0 Å². The van der Waals surface area contributed by atoms with Crippen molar-refractivity contribution >= 4 is 33.9 Å². The third-order valence-electron chi connectivity index (χ3n) is 3.84. The Morgan fingerprint density at radius 2 is 1.43 bits per heavy atom. The standard InChI is InChI=1S/C17H19IN2S/c1-9-7-11(3)19-16(9)15(13-5-6-14(18)21-13)17-10(2)8-12(4)20-17/h5-8,15,19-20H,1-4H3. The number of rotatable bonds is 3. The van der Waals surface area contributed by atoms with Crippen LogP contribution in [0, 0.1) is 30.6 Å². The fourth-order valence-electron chi connectivity index (χ4n) is 3.01. The van der Waals surface area contributed by atoms with E-state index in [2.05, 4.69) is 84.5 Å². The lowest BCUT2D eigenvalue weighted by Crippen LogP contribution is -2.06. The van der Waals surface area contributed by atoms with E-state index in [0.717, 1.165) is 0 Å². The smallest absolute Gasteiger partial charge is 0.0740 e. The van der Waals surface area contributed by atoms with Gasteiger partial charge in [-0.2, -0.15) is 0 Å². The first-order chi connectivity index (χ1) is 9.95. The lowest BCUT2D eigenvalue weighted by molar-refractivity contribution is 0.886. The molecule has 0 aliphatic carbocycles. The monoisotopic (exact) mass is 410 g/mol. The predicted molar refractivity (Wildman–Crippen MR) is 98.5 cm³/mol. The molecule has 0 unspecified atom stereocenters. The summed E-state index contributed by atoms with van der Waals surface area (Å²) >= 11 is 4.27. The number of nitrogens with one attached hydrogen (secondary N) is 2. The molecule has 2 N–H and O–H groups in total. The van der Waals surface area contributed by atoms with Crippen LogP contribution >= 0.6 is 33.9 Å². The van der Waals surface area contributed by atoms with Gasteiger partial charge in [0.1, 0.15) is 0 Å². The first kappa shape index (κ1) is 14.9. The quantitative estimate of drug-likeness (QED) is 0.541. The van der Waals surface area contributed by atoms with Gasteiger partial charge in [-0.15, -0.1) is 11.3 Å². The highest BCUT2D eigenvalue weighted by molar-refractivity contribution is 14.1. The minimum Gasteiger partial charge on any atom is -0.361 e. The maximum atomic E-state index is 3.57. The van der Waals surface area contributed by atoms with Gasteiger partial charge in [-0.25, -0.2) is 0 Å². The third-order valence-corrected chi connectivity index (χ3v) is 5.79. The minimum atomic E-state index is 0.265. The Hall–Kier alpha value is -1.01. The maximum Gasteiger partial charge on any atom is 0.0740 e. The normalized spacial score (nSPS) is 11.5. The van der Waals surface area contributed by atoms with Crippen LogP contribution < -0.4 is 0 Å². The van der Waals surface area contributed by atoms with Gasteiger partial charge in [-0.3, -0.25) is 0 Å². The van der Waals surface area contributed by atoms with E-state index in [0.29, 0.717) is 0 Å². The molecule has 3 aromatic heterocycles. The van der Waals surface area contributed by atoms with Gasteiger partial charge < -0.3 is 9.97 Å². The molecule has 0 fully saturated rings. The molecule has 21 heavy (non-hydrogen) atoms. The van der Waals surface area contributed by atoms with Crippen molar-refractivity contribution in [2.45, 2.75) is 33.6 Å². The van der Waals surface area contributed by atoms with Crippen LogP contribution in [0.15, 0.2) is 24.3 Å². The van der Waals surface area contributed by atoms with Crippen molar-refractivity contribution in [3.63, 3.8) is 0 Å². The molecule has 0 aliphatic heterocycles. The molecule has 0 aliphatic rings. The number of thiophene rings is 1. The van der Waals surface area contributed by atoms with Gasteiger partial charge >= 0.3 is 0 Å². The van der Waals surface area contributed by atoms with Crippen LogP contribution in [0.3, 0.4) is 0 Å². The Balaban J connectivity index is 2.20. The van der Waals surface area contributed by atoms with Crippen molar-refractivity contribution < 1.29 is 0 Å². The van der Waals surface area contributed by atoms with Crippen LogP contribution in [0.4, 0.5) is 0 Å². The summed E-state index contributed by atoms with van der Waals surface area (Å²) in [6.07, 6.45) is 0. The Bertz CT molecular complexity index is 732. The Morgan fingerprint density at radius 1 is 0.905 bits per heavy atom. The van der Waals surface area contributed by atoms with Crippen LogP contribution in [-0.4, -0.2) is 9.97 Å². The van der Waals surface area contributed by atoms with Gasteiger partial charge in [0.15, 0.2) is 0 Å². The summed E-state index contributed by atoms with van der Waals surface area (Å²) in [7, 11) is 0. The number of halogens is 1. The summed E-state index contributed by atoms with van der Waals surface area (Å²) in [5.41, 5.74) is 7.70. The summed E-state index contributed by atoms with van der Waals surface area (Å²) < 4.78 is 1.33. The topological polar surface area (TPSA) is 31.6 Å². The third kappa shape index (κ3) is 2.83. The Morgan fingerprint density at radius 3 is 1.76 bits per heavy atom. The first-order valence-electron chi connectivity index (χ1n) is 7.03. The number of H-pyrrole nitrogens is 2. The van der Waals surface area contributed by atoms with E-state index in [1.807, 2.05) is 11.3 Å². The Labute approximate surface area is 143 Å². The molecule has 0 saturated heterocycles. The van der Waals surface area contributed by atoms with Crippen molar-refractivity contribution in [3.05, 3.63) is 65.9 Å². The molecule has 0 spiro atoms. The van der Waals surface area contributed by atoms with E-state index < -0.39 is 0 Å². The molecule has 3 rings (SSSR count). The van der Waals surface area contributed by atoms with Crippen molar-refractivity contribution in [1.29, 1.82) is 0 Å². The van der Waals surface area contributed by atoms with Crippen molar-refractivity contribution in [2.24, 2.45) is 0 Å². The van der Waals surface area contributed by atoms with E-state index in [-0.39, 0.29) is 5.92 Å². The molecule has 3 heterocycles. The summed E-state index contributed by atoms with van der Waals surface area (Å²) in [6, 6.07) is 8.91. The maximum absolute atomic E-state index is 3.57. The summed E-state index contributed by atoms with van der Waals surface area (Å²) in [6.45, 7) is 8.63. The van der Waals surface area contributed by atoms with Crippen LogP contribution in [0.2, 0.25) is 0 Å². The zero-order valence-electron chi connectivity index (χ0n) is 12.7. The van der Waals surface area contributed by atoms with Gasteiger partial charge in [0.25, 0.3) is 0 Å². The highest BCUT2D eigenvalue weighted by Gasteiger charge is 2.24. The molecule has 2 nitrogen and oxygen atoms in total. The molecule has 0 atom stereocenters. The van der Waals surface area contributed by atoms with Crippen LogP contribution in [0.1, 0.15) is 44.7 Å². The number of aromatic amines is 2. The molecule has 0 amide bonds. The highest BCUT2D eigenvalue weighted by atomic mass is 127. The van der Waals surface area contributed by atoms with E-state index in [1.54, 1.807) is 0 Å². The largest absolute Gasteiger partial charge is 0.361 e.